The minimum atomic E-state index is -3.16. The fourth-order valence-corrected chi connectivity index (χ4v) is 11.5. The van der Waals surface area contributed by atoms with Gasteiger partial charge in [-0.3, -0.25) is 24.4 Å². The molecule has 0 radical (unpaired) electrons. The maximum Gasteiger partial charge on any atom is 0.325 e. The molecule has 5 aliphatic rings. The third-order valence-electron chi connectivity index (χ3n) is 13.2. The topological polar surface area (TPSA) is 134 Å². The number of halogens is 2. The number of piperazine rings is 1. The van der Waals surface area contributed by atoms with Crippen LogP contribution in [0.1, 0.15) is 63.4 Å². The van der Waals surface area contributed by atoms with Crippen molar-refractivity contribution in [3.63, 3.8) is 0 Å². The summed E-state index contributed by atoms with van der Waals surface area (Å²) in [5.41, 5.74) is 7.86. The average molecular weight is 865 g/mol. The molecule has 7 heterocycles. The van der Waals surface area contributed by atoms with E-state index in [1.807, 2.05) is 39.3 Å². The Morgan fingerprint density at radius 3 is 2.63 bits per heavy atom. The van der Waals surface area contributed by atoms with Gasteiger partial charge in [-0.15, -0.1) is 22.7 Å². The molecule has 4 aromatic heterocycles. The number of likely N-dealkylation sites (N-methyl/N-ethyl adjacent to an activating group) is 1. The summed E-state index contributed by atoms with van der Waals surface area (Å²) < 4.78 is 44.9. The second-order valence-electron chi connectivity index (χ2n) is 18.2. The third kappa shape index (κ3) is 7.41. The number of methoxy groups -OCH3 is 1. The minimum absolute atomic E-state index is 0.0508. The van der Waals surface area contributed by atoms with E-state index in [-0.39, 0.29) is 43.4 Å². The number of nitrogens with zero attached hydrogens (tertiary/aromatic N) is 6. The first-order chi connectivity index (χ1) is 28.6. The van der Waals surface area contributed by atoms with Gasteiger partial charge in [0.15, 0.2) is 0 Å². The monoisotopic (exact) mass is 864 g/mol. The lowest BCUT2D eigenvalue weighted by atomic mass is 9.84. The summed E-state index contributed by atoms with van der Waals surface area (Å²) in [7, 11) is 3.82. The number of hydrogen-bond acceptors (Lipinski definition) is 12. The highest BCUT2D eigenvalue weighted by Crippen LogP contribution is 2.59. The fraction of sp³-hybridized carbons (Fsp3) is 0.605. The van der Waals surface area contributed by atoms with Crippen LogP contribution in [-0.4, -0.2) is 114 Å². The van der Waals surface area contributed by atoms with Crippen LogP contribution in [0.4, 0.5) is 14.5 Å². The molecule has 4 aromatic rings. The van der Waals surface area contributed by atoms with Gasteiger partial charge in [0.1, 0.15) is 16.9 Å². The van der Waals surface area contributed by atoms with Crippen LogP contribution in [0.15, 0.2) is 23.7 Å². The zero-order valence-corrected chi connectivity index (χ0v) is 36.9. The van der Waals surface area contributed by atoms with E-state index < -0.39 is 47.1 Å². The lowest BCUT2D eigenvalue weighted by molar-refractivity contribution is -0.156. The van der Waals surface area contributed by atoms with Crippen molar-refractivity contribution in [2.24, 2.45) is 29.1 Å². The first-order valence-electron chi connectivity index (χ1n) is 21.1. The Labute approximate surface area is 356 Å². The molecule has 3 aliphatic heterocycles. The van der Waals surface area contributed by atoms with Gasteiger partial charge >= 0.3 is 5.97 Å². The number of cyclic esters (lactones) is 1. The van der Waals surface area contributed by atoms with Crippen LogP contribution in [0.3, 0.4) is 0 Å². The highest BCUT2D eigenvalue weighted by atomic mass is 32.1. The Balaban J connectivity index is 1.16. The predicted octanol–water partition coefficient (Wildman–Crippen LogP) is 5.77. The summed E-state index contributed by atoms with van der Waals surface area (Å²) in [4.78, 5) is 58.2. The number of aromatic nitrogens is 3. The summed E-state index contributed by atoms with van der Waals surface area (Å²) in [6.07, 6.45) is 2.92. The van der Waals surface area contributed by atoms with Crippen molar-refractivity contribution < 1.29 is 32.6 Å². The molecule has 13 nitrogen and oxygen atoms in total. The smallest absolute Gasteiger partial charge is 0.325 e. The van der Waals surface area contributed by atoms with Crippen LogP contribution < -0.4 is 15.6 Å². The van der Waals surface area contributed by atoms with Gasteiger partial charge in [-0.1, -0.05) is 20.8 Å². The number of pyridine rings is 1. The lowest BCUT2D eigenvalue weighted by Gasteiger charge is -2.34. The SMILES string of the molecule is CCn1c(-c2cc(N3CCN(C)CC3)cnc2[C@H](C)OC)c2c3cc(sc31)-c1csc(n1)C[C@H](NC(=O)[C@H]1C[C@@H]1C)C(=O)N1C[C@H]3[C@@H]([C@H](N1)C(=O)OCC(C)(C)C2)C3(F)F. The van der Waals surface area contributed by atoms with E-state index in [1.54, 1.807) is 18.4 Å². The Hall–Kier alpha value is -4.03. The van der Waals surface area contributed by atoms with Gasteiger partial charge in [0.05, 0.1) is 63.4 Å². The molecule has 2 saturated heterocycles. The van der Waals surface area contributed by atoms with E-state index in [1.165, 1.54) is 11.3 Å². The molecule has 60 heavy (non-hydrogen) atoms. The molecule has 9 rings (SSSR count). The molecule has 0 spiro atoms. The first-order valence-corrected chi connectivity index (χ1v) is 22.8. The van der Waals surface area contributed by atoms with Crippen molar-refractivity contribution in [1.29, 1.82) is 0 Å². The van der Waals surface area contributed by atoms with E-state index in [2.05, 4.69) is 51.2 Å². The van der Waals surface area contributed by atoms with Gasteiger partial charge < -0.3 is 29.2 Å². The number of esters is 1. The number of hydrazine groups is 1. The van der Waals surface area contributed by atoms with Crippen LogP contribution in [-0.2, 0) is 43.2 Å². The van der Waals surface area contributed by atoms with Crippen molar-refractivity contribution in [2.75, 3.05) is 58.4 Å². The van der Waals surface area contributed by atoms with E-state index in [0.717, 1.165) is 86.6 Å². The molecule has 0 aromatic carbocycles. The summed E-state index contributed by atoms with van der Waals surface area (Å²) in [6, 6.07) is 1.91. The standard InChI is InChI=1S/C43H54F2N8O5S2/c1-8-52-37(27-14-24(18-46-35(27)23(3)57-7)51-11-9-50(6)10-12-51)28-17-42(4,5)21-58-41(56)36-34-29(43(34,44)45)19-53(49-36)39(55)30(48-38(54)25-13-22(25)2)16-33-47-31(20-59-33)32-15-26(28)40(52)60-32/h14-15,18,20,22-23,25,29-30,34,36,49H,8-13,16-17,19,21H2,1-7H3,(H,48,54)/t22-,23-,25-,29-,30-,34-,36-/m0/s1. The molecule has 17 heteroatoms. The second-order valence-corrected chi connectivity index (χ2v) is 20.2. The molecule has 7 atom stereocenters. The molecular weight excluding hydrogens is 811 g/mol. The van der Waals surface area contributed by atoms with Crippen LogP contribution in [0.2, 0.25) is 0 Å². The number of rotatable bonds is 7. The molecule has 2 saturated carbocycles. The fourth-order valence-electron chi connectivity index (χ4n) is 9.32. The molecule has 0 unspecified atom stereocenters. The zero-order valence-electron chi connectivity index (χ0n) is 35.2. The average Bonchev–Trinajstić information content (AvgIpc) is 3.78. The van der Waals surface area contributed by atoms with E-state index in [9.17, 15) is 14.4 Å². The number of hydrogen-bond donors (Lipinski definition) is 2. The van der Waals surface area contributed by atoms with Crippen molar-refractivity contribution in [3.8, 4) is 21.8 Å². The van der Waals surface area contributed by atoms with Crippen LogP contribution >= 0.6 is 22.7 Å². The Morgan fingerprint density at radius 2 is 1.93 bits per heavy atom. The summed E-state index contributed by atoms with van der Waals surface area (Å²) in [5.74, 6) is -7.35. The van der Waals surface area contributed by atoms with Gasteiger partial charge in [0, 0.05) is 80.5 Å². The van der Waals surface area contributed by atoms with Gasteiger partial charge in [-0.2, -0.15) is 0 Å². The number of alkyl halides is 2. The van der Waals surface area contributed by atoms with E-state index >= 15 is 8.78 Å². The van der Waals surface area contributed by atoms with Gasteiger partial charge in [-0.05, 0) is 57.4 Å². The van der Waals surface area contributed by atoms with Gasteiger partial charge in [-0.25, -0.2) is 19.2 Å². The highest BCUT2D eigenvalue weighted by molar-refractivity contribution is 7.22. The number of carbonyl (C=O) groups is 3. The second kappa shape index (κ2) is 15.4. The number of thiazole rings is 1. The first kappa shape index (κ1) is 41.3. The zero-order chi connectivity index (χ0) is 42.4. The number of amides is 2. The quantitative estimate of drug-likeness (QED) is 0.221. The minimum Gasteiger partial charge on any atom is -0.464 e. The molecular formula is C43H54F2N8O5S2. The molecule has 6 bridgehead atoms. The maximum atomic E-state index is 15.3. The number of aryl methyl sites for hydroxylation is 1. The number of ether oxygens (including phenoxy) is 2. The van der Waals surface area contributed by atoms with Gasteiger partial charge in [0.25, 0.3) is 11.8 Å². The van der Waals surface area contributed by atoms with Gasteiger partial charge in [0.2, 0.25) is 5.91 Å². The third-order valence-corrected chi connectivity index (χ3v) is 15.3. The maximum absolute atomic E-state index is 15.3. The number of fused-ring (bicyclic) bond motifs is 8. The van der Waals surface area contributed by atoms with Crippen molar-refractivity contribution in [3.05, 3.63) is 40.0 Å². The van der Waals surface area contributed by atoms with E-state index in [0.29, 0.717) is 18.0 Å². The van der Waals surface area contributed by atoms with E-state index in [4.69, 9.17) is 19.4 Å². The summed E-state index contributed by atoms with van der Waals surface area (Å²) in [5, 5.41) is 7.67. The van der Waals surface area contributed by atoms with Crippen LogP contribution in [0, 0.1) is 29.1 Å². The number of carbonyl (C=O) groups excluding carboxylic acids is 3. The Kier molecular flexibility index (Phi) is 10.6. The lowest BCUT2D eigenvalue weighted by Crippen LogP contribution is -2.61. The van der Waals surface area contributed by atoms with Crippen molar-refractivity contribution in [2.45, 2.75) is 84.5 Å². The highest BCUT2D eigenvalue weighted by Gasteiger charge is 2.75. The van der Waals surface area contributed by atoms with Crippen molar-refractivity contribution in [1.82, 2.24) is 35.2 Å². The van der Waals surface area contributed by atoms with Crippen LogP contribution in [0.5, 0.6) is 0 Å². The number of nitrogens with one attached hydrogen (secondary N) is 2. The number of thiophene rings is 1. The molecule has 2 amide bonds. The van der Waals surface area contributed by atoms with Crippen LogP contribution in [0.25, 0.3) is 32.0 Å². The van der Waals surface area contributed by atoms with Crippen molar-refractivity contribution >= 4 is 56.4 Å². The summed E-state index contributed by atoms with van der Waals surface area (Å²) >= 11 is 3.04. The molecule has 2 N–H and O–H groups in total. The largest absolute Gasteiger partial charge is 0.464 e. The number of anilines is 1. The Bertz CT molecular complexity index is 2340. The summed E-state index contributed by atoms with van der Waals surface area (Å²) in [6.45, 7) is 14.1. The molecule has 4 fully saturated rings. The molecule has 322 valence electrons. The molecule has 2 aliphatic carbocycles. The Morgan fingerprint density at radius 1 is 1.18 bits per heavy atom. The normalized spacial score (nSPS) is 28.2. The predicted molar refractivity (Wildman–Crippen MR) is 227 cm³/mol.